The second-order valence-electron chi connectivity index (χ2n) is 6.30. The van der Waals surface area contributed by atoms with E-state index in [1.807, 2.05) is 29.0 Å². The highest BCUT2D eigenvalue weighted by molar-refractivity contribution is 14.0. The third-order valence-electron chi connectivity index (χ3n) is 3.98. The molecule has 2 aromatic carbocycles. The fraction of sp³-hybridized carbons (Fsp3) is 0.200. The number of hydrogen-bond donors (Lipinski definition) is 2. The predicted octanol–water partition coefficient (Wildman–Crippen LogP) is 4.05. The lowest BCUT2D eigenvalue weighted by Crippen LogP contribution is -2.31. The Hall–Kier alpha value is -2.76. The van der Waals surface area contributed by atoms with Gasteiger partial charge in [-0.15, -0.1) is 37.1 Å². The molecule has 3 rings (SSSR count). The van der Waals surface area contributed by atoms with Crippen molar-refractivity contribution >= 4 is 29.9 Å². The number of alkyl halides is 3. The number of ether oxygens (including phenoxy) is 1. The molecule has 0 bridgehead atoms. The number of guanidine groups is 1. The maximum Gasteiger partial charge on any atom is 0.573 e. The topological polar surface area (TPSA) is 77.5 Å². The zero-order valence-corrected chi connectivity index (χ0v) is 18.2. The SMILES string of the molecule is I.NC(=NCc1cccc(Cn2ccnc2)c1)NCc1ccc(OC(F)(F)F)cc1. The number of rotatable bonds is 7. The van der Waals surface area contributed by atoms with Crippen LogP contribution in [0.2, 0.25) is 0 Å². The Morgan fingerprint density at radius 1 is 1.10 bits per heavy atom. The summed E-state index contributed by atoms with van der Waals surface area (Å²) >= 11 is 0. The summed E-state index contributed by atoms with van der Waals surface area (Å²) < 4.78 is 42.3. The number of aliphatic imine (C=N–C) groups is 1. The molecule has 1 aromatic heterocycles. The first-order valence-corrected chi connectivity index (χ1v) is 8.79. The lowest BCUT2D eigenvalue weighted by molar-refractivity contribution is -0.274. The van der Waals surface area contributed by atoms with E-state index in [2.05, 4.69) is 26.1 Å². The summed E-state index contributed by atoms with van der Waals surface area (Å²) in [5, 5.41) is 2.94. The van der Waals surface area contributed by atoms with Crippen molar-refractivity contribution in [2.75, 3.05) is 0 Å². The Labute approximate surface area is 189 Å². The standard InChI is InChI=1S/C20H20F3N5O.HI/c21-20(22,23)29-18-6-4-15(5-7-18)11-26-19(24)27-12-16-2-1-3-17(10-16)13-28-9-8-25-14-28;/h1-10,14H,11-13H2,(H3,24,26,27);1H. The van der Waals surface area contributed by atoms with Crippen LogP contribution in [0.25, 0.3) is 0 Å². The van der Waals surface area contributed by atoms with Gasteiger partial charge in [0.25, 0.3) is 0 Å². The number of imidazole rings is 1. The number of halogens is 4. The minimum atomic E-state index is -4.70. The quantitative estimate of drug-likeness (QED) is 0.274. The highest BCUT2D eigenvalue weighted by Gasteiger charge is 2.30. The highest BCUT2D eigenvalue weighted by atomic mass is 127. The maximum absolute atomic E-state index is 12.2. The fourth-order valence-corrected chi connectivity index (χ4v) is 2.65. The molecule has 30 heavy (non-hydrogen) atoms. The van der Waals surface area contributed by atoms with E-state index < -0.39 is 6.36 Å². The van der Waals surface area contributed by atoms with Gasteiger partial charge in [-0.25, -0.2) is 9.98 Å². The second kappa shape index (κ2) is 10.9. The summed E-state index contributed by atoms with van der Waals surface area (Å²) in [5.41, 5.74) is 8.78. The van der Waals surface area contributed by atoms with Gasteiger partial charge in [-0.2, -0.15) is 0 Å². The van der Waals surface area contributed by atoms with E-state index in [9.17, 15) is 13.2 Å². The van der Waals surface area contributed by atoms with Crippen molar-refractivity contribution in [1.82, 2.24) is 14.9 Å². The normalized spacial score (nSPS) is 11.6. The van der Waals surface area contributed by atoms with Crippen LogP contribution in [0.5, 0.6) is 5.75 Å². The van der Waals surface area contributed by atoms with E-state index in [0.29, 0.717) is 13.1 Å². The van der Waals surface area contributed by atoms with Crippen LogP contribution >= 0.6 is 24.0 Å². The number of benzene rings is 2. The Bertz CT molecular complexity index is 944. The Morgan fingerprint density at radius 3 is 2.50 bits per heavy atom. The van der Waals surface area contributed by atoms with E-state index in [-0.39, 0.29) is 35.7 Å². The van der Waals surface area contributed by atoms with Crippen molar-refractivity contribution in [3.8, 4) is 5.75 Å². The van der Waals surface area contributed by atoms with Gasteiger partial charge in [0.15, 0.2) is 5.96 Å². The van der Waals surface area contributed by atoms with Gasteiger partial charge in [0.1, 0.15) is 5.75 Å². The third-order valence-corrected chi connectivity index (χ3v) is 3.98. The van der Waals surface area contributed by atoms with Crippen molar-refractivity contribution in [1.29, 1.82) is 0 Å². The van der Waals surface area contributed by atoms with E-state index in [1.165, 1.54) is 24.3 Å². The molecular weight excluding hydrogens is 510 g/mol. The van der Waals surface area contributed by atoms with E-state index in [1.54, 1.807) is 12.5 Å². The zero-order valence-electron chi connectivity index (χ0n) is 15.8. The molecule has 0 amide bonds. The van der Waals surface area contributed by atoms with Gasteiger partial charge in [0, 0.05) is 25.5 Å². The lowest BCUT2D eigenvalue weighted by atomic mass is 10.1. The van der Waals surface area contributed by atoms with Crippen molar-refractivity contribution in [3.05, 3.63) is 83.9 Å². The molecule has 0 saturated carbocycles. The molecule has 0 fully saturated rings. The molecule has 10 heteroatoms. The lowest BCUT2D eigenvalue weighted by Gasteiger charge is -2.10. The van der Waals surface area contributed by atoms with E-state index in [0.717, 1.165) is 23.2 Å². The van der Waals surface area contributed by atoms with Gasteiger partial charge in [-0.05, 0) is 28.8 Å². The molecule has 0 aliphatic carbocycles. The van der Waals surface area contributed by atoms with Crippen molar-refractivity contribution in [2.45, 2.75) is 26.0 Å². The van der Waals surface area contributed by atoms with Gasteiger partial charge in [0.05, 0.1) is 12.9 Å². The molecule has 0 spiro atoms. The van der Waals surface area contributed by atoms with Crippen molar-refractivity contribution in [3.63, 3.8) is 0 Å². The van der Waals surface area contributed by atoms with E-state index >= 15 is 0 Å². The van der Waals surface area contributed by atoms with E-state index in [4.69, 9.17) is 5.73 Å². The predicted molar refractivity (Wildman–Crippen MR) is 118 cm³/mol. The van der Waals surface area contributed by atoms with Crippen LogP contribution in [-0.2, 0) is 19.6 Å². The summed E-state index contributed by atoms with van der Waals surface area (Å²) in [6, 6.07) is 13.6. The highest BCUT2D eigenvalue weighted by Crippen LogP contribution is 2.22. The molecule has 6 nitrogen and oxygen atoms in total. The molecule has 0 aliphatic heterocycles. The van der Waals surface area contributed by atoms with Crippen LogP contribution in [0.15, 0.2) is 72.2 Å². The van der Waals surface area contributed by atoms with Crippen LogP contribution < -0.4 is 15.8 Å². The van der Waals surface area contributed by atoms with Crippen LogP contribution in [0.4, 0.5) is 13.2 Å². The summed E-state index contributed by atoms with van der Waals surface area (Å²) in [5.74, 6) is -0.0147. The summed E-state index contributed by atoms with van der Waals surface area (Å²) in [6.07, 6.45) is 0.688. The molecule has 3 aromatic rings. The average molecular weight is 531 g/mol. The second-order valence-corrected chi connectivity index (χ2v) is 6.30. The van der Waals surface area contributed by atoms with Gasteiger partial charge >= 0.3 is 6.36 Å². The molecule has 3 N–H and O–H groups in total. The first-order valence-electron chi connectivity index (χ1n) is 8.79. The van der Waals surface area contributed by atoms with Crippen LogP contribution in [0, 0.1) is 0 Å². The van der Waals surface area contributed by atoms with Crippen molar-refractivity contribution < 1.29 is 17.9 Å². The minimum absolute atomic E-state index is 0. The minimum Gasteiger partial charge on any atom is -0.406 e. The smallest absolute Gasteiger partial charge is 0.406 e. The summed E-state index contributed by atoms with van der Waals surface area (Å²) in [7, 11) is 0. The van der Waals surface area contributed by atoms with Crippen LogP contribution in [-0.4, -0.2) is 21.9 Å². The zero-order chi connectivity index (χ0) is 20.7. The number of hydrogen-bond acceptors (Lipinski definition) is 3. The Balaban J connectivity index is 0.00000320. The van der Waals surface area contributed by atoms with Gasteiger partial charge in [-0.3, -0.25) is 0 Å². The number of nitrogens with zero attached hydrogens (tertiary/aromatic N) is 3. The monoisotopic (exact) mass is 531 g/mol. The number of aromatic nitrogens is 2. The molecule has 160 valence electrons. The Kier molecular flexibility index (Phi) is 8.51. The first-order chi connectivity index (χ1) is 13.9. The molecule has 0 saturated heterocycles. The molecular formula is C20H21F3IN5O. The number of nitrogens with one attached hydrogen (secondary N) is 1. The molecule has 1 heterocycles. The van der Waals surface area contributed by atoms with Crippen LogP contribution in [0.1, 0.15) is 16.7 Å². The molecule has 0 aliphatic rings. The molecule has 0 unspecified atom stereocenters. The summed E-state index contributed by atoms with van der Waals surface area (Å²) in [6.45, 7) is 1.47. The maximum atomic E-state index is 12.2. The average Bonchev–Trinajstić information content (AvgIpc) is 3.18. The van der Waals surface area contributed by atoms with Crippen LogP contribution in [0.3, 0.4) is 0 Å². The fourth-order valence-electron chi connectivity index (χ4n) is 2.65. The Morgan fingerprint density at radius 2 is 1.83 bits per heavy atom. The number of nitrogens with two attached hydrogens (primary N) is 1. The van der Waals surface area contributed by atoms with Crippen molar-refractivity contribution in [2.24, 2.45) is 10.7 Å². The third kappa shape index (κ3) is 7.93. The molecule has 0 radical (unpaired) electrons. The van der Waals surface area contributed by atoms with Gasteiger partial charge in [-0.1, -0.05) is 36.4 Å². The van der Waals surface area contributed by atoms with Gasteiger partial charge < -0.3 is 20.4 Å². The first kappa shape index (κ1) is 23.5. The van der Waals surface area contributed by atoms with Gasteiger partial charge in [0.2, 0.25) is 0 Å². The molecule has 0 atom stereocenters. The summed E-state index contributed by atoms with van der Waals surface area (Å²) in [4.78, 5) is 8.33. The largest absolute Gasteiger partial charge is 0.573 e.